The Morgan fingerprint density at radius 2 is 1.64 bits per heavy atom. The predicted molar refractivity (Wildman–Crippen MR) is 96.3 cm³/mol. The lowest BCUT2D eigenvalue weighted by Gasteiger charge is -2.29. The fourth-order valence-corrected chi connectivity index (χ4v) is 3.67. The minimum atomic E-state index is 0.464. The normalized spacial score (nSPS) is 19.0. The number of likely N-dealkylation sites (N-methyl/N-ethyl adjacent to an activating group) is 1. The Morgan fingerprint density at radius 1 is 1.05 bits per heavy atom. The highest BCUT2D eigenvalue weighted by molar-refractivity contribution is 5.74. The number of nitrogens with zero attached hydrogens (tertiary/aromatic N) is 2. The van der Waals surface area contributed by atoms with E-state index in [1.54, 1.807) is 0 Å². The van der Waals surface area contributed by atoms with Crippen LogP contribution in [-0.2, 0) is 0 Å². The Kier molecular flexibility index (Phi) is 4.70. The number of allylic oxidation sites excluding steroid dienone is 2. The molecule has 1 aromatic heterocycles. The zero-order chi connectivity index (χ0) is 16.8. The SMILES string of the molecule is CC1=C(C)N(C)CC(C(C)C)c2c(C(C)C)nc(C)c(C)c21. The number of pyridine rings is 1. The summed E-state index contributed by atoms with van der Waals surface area (Å²) in [5.74, 6) is 1.61. The maximum atomic E-state index is 5.00. The predicted octanol–water partition coefficient (Wildman–Crippen LogP) is 5.26. The lowest BCUT2D eigenvalue weighted by Crippen LogP contribution is -2.26. The lowest BCUT2D eigenvalue weighted by atomic mass is 9.79. The second-order valence-corrected chi connectivity index (χ2v) is 7.59. The number of aryl methyl sites for hydroxylation is 1. The van der Waals surface area contributed by atoms with Gasteiger partial charge in [0.1, 0.15) is 0 Å². The van der Waals surface area contributed by atoms with E-state index >= 15 is 0 Å². The Balaban J connectivity index is 2.90. The number of rotatable bonds is 2. The van der Waals surface area contributed by atoms with Gasteiger partial charge in [-0.05, 0) is 61.8 Å². The molecular formula is C20H32N2. The molecule has 22 heavy (non-hydrogen) atoms. The van der Waals surface area contributed by atoms with Crippen LogP contribution in [0, 0.1) is 19.8 Å². The molecule has 0 N–H and O–H groups in total. The van der Waals surface area contributed by atoms with E-state index in [-0.39, 0.29) is 0 Å². The molecule has 0 aliphatic carbocycles. The summed E-state index contributed by atoms with van der Waals surface area (Å²) < 4.78 is 0. The summed E-state index contributed by atoms with van der Waals surface area (Å²) in [6.45, 7) is 19.3. The Bertz CT molecular complexity index is 609. The van der Waals surface area contributed by atoms with Crippen molar-refractivity contribution >= 4 is 5.57 Å². The molecule has 2 heterocycles. The van der Waals surface area contributed by atoms with E-state index in [0.29, 0.717) is 17.8 Å². The maximum absolute atomic E-state index is 5.00. The van der Waals surface area contributed by atoms with E-state index in [4.69, 9.17) is 4.98 Å². The molecule has 0 bridgehead atoms. The fourth-order valence-electron chi connectivity index (χ4n) is 3.67. The molecule has 0 fully saturated rings. The Hall–Kier alpha value is -1.31. The van der Waals surface area contributed by atoms with Gasteiger partial charge in [0, 0.05) is 36.6 Å². The first kappa shape index (κ1) is 17.1. The van der Waals surface area contributed by atoms with Crippen LogP contribution in [0.25, 0.3) is 5.57 Å². The van der Waals surface area contributed by atoms with Gasteiger partial charge in [0.2, 0.25) is 0 Å². The van der Waals surface area contributed by atoms with E-state index in [0.717, 1.165) is 6.54 Å². The first-order chi connectivity index (χ1) is 10.2. The van der Waals surface area contributed by atoms with E-state index in [9.17, 15) is 0 Å². The standard InChI is InChI=1S/C20H32N2/c1-11(2)17-10-22(9)16(8)14(6)18-13(5)15(7)21-20(12(3)4)19(17)18/h11-12,17H,10H2,1-9H3. The van der Waals surface area contributed by atoms with Gasteiger partial charge < -0.3 is 4.90 Å². The highest BCUT2D eigenvalue weighted by Crippen LogP contribution is 2.42. The number of aromatic nitrogens is 1. The van der Waals surface area contributed by atoms with Crippen molar-refractivity contribution in [1.29, 1.82) is 0 Å². The summed E-state index contributed by atoms with van der Waals surface area (Å²) in [6.07, 6.45) is 0. The molecular weight excluding hydrogens is 268 g/mol. The monoisotopic (exact) mass is 300 g/mol. The minimum absolute atomic E-state index is 0.464. The third kappa shape index (κ3) is 2.68. The maximum Gasteiger partial charge on any atom is 0.0474 e. The van der Waals surface area contributed by atoms with Crippen LogP contribution in [0.3, 0.4) is 0 Å². The molecule has 2 rings (SSSR count). The molecule has 1 atom stereocenters. The number of hydrogen-bond acceptors (Lipinski definition) is 2. The molecule has 1 aliphatic rings. The molecule has 0 saturated heterocycles. The molecule has 122 valence electrons. The van der Waals surface area contributed by atoms with Gasteiger partial charge in [-0.3, -0.25) is 4.98 Å². The summed E-state index contributed by atoms with van der Waals surface area (Å²) in [4.78, 5) is 7.43. The number of hydrogen-bond donors (Lipinski definition) is 0. The van der Waals surface area contributed by atoms with Gasteiger partial charge >= 0.3 is 0 Å². The molecule has 1 unspecified atom stereocenters. The molecule has 0 spiro atoms. The zero-order valence-electron chi connectivity index (χ0n) is 15.8. The second kappa shape index (κ2) is 6.06. The lowest BCUT2D eigenvalue weighted by molar-refractivity contribution is 0.340. The second-order valence-electron chi connectivity index (χ2n) is 7.59. The van der Waals surface area contributed by atoms with Crippen molar-refractivity contribution < 1.29 is 0 Å². The quantitative estimate of drug-likeness (QED) is 0.741. The molecule has 0 amide bonds. The summed E-state index contributed by atoms with van der Waals surface area (Å²) in [7, 11) is 2.23. The van der Waals surface area contributed by atoms with Crippen molar-refractivity contribution in [2.24, 2.45) is 5.92 Å². The van der Waals surface area contributed by atoms with Gasteiger partial charge in [-0.15, -0.1) is 0 Å². The van der Waals surface area contributed by atoms with Crippen molar-refractivity contribution in [1.82, 2.24) is 9.88 Å². The molecule has 0 radical (unpaired) electrons. The molecule has 2 nitrogen and oxygen atoms in total. The number of fused-ring (bicyclic) bond motifs is 1. The molecule has 0 aromatic carbocycles. The van der Waals surface area contributed by atoms with Crippen LogP contribution >= 0.6 is 0 Å². The van der Waals surface area contributed by atoms with Crippen molar-refractivity contribution in [2.45, 2.75) is 67.2 Å². The molecule has 1 aromatic rings. The van der Waals surface area contributed by atoms with Crippen molar-refractivity contribution in [3.05, 3.63) is 33.8 Å². The first-order valence-electron chi connectivity index (χ1n) is 8.56. The van der Waals surface area contributed by atoms with Gasteiger partial charge in [-0.25, -0.2) is 0 Å². The summed E-state index contributed by atoms with van der Waals surface area (Å²) in [6, 6.07) is 0. The smallest absolute Gasteiger partial charge is 0.0474 e. The van der Waals surface area contributed by atoms with Crippen LogP contribution in [0.15, 0.2) is 5.70 Å². The van der Waals surface area contributed by atoms with Gasteiger partial charge in [0.15, 0.2) is 0 Å². The van der Waals surface area contributed by atoms with Gasteiger partial charge in [-0.1, -0.05) is 27.7 Å². The summed E-state index contributed by atoms with van der Waals surface area (Å²) in [5.41, 5.74) is 9.64. The van der Waals surface area contributed by atoms with Crippen LogP contribution in [0.4, 0.5) is 0 Å². The van der Waals surface area contributed by atoms with E-state index < -0.39 is 0 Å². The Labute approximate surface area is 136 Å². The van der Waals surface area contributed by atoms with Crippen molar-refractivity contribution in [3.63, 3.8) is 0 Å². The Morgan fingerprint density at radius 3 is 2.14 bits per heavy atom. The van der Waals surface area contributed by atoms with Crippen molar-refractivity contribution in [3.8, 4) is 0 Å². The highest BCUT2D eigenvalue weighted by atomic mass is 15.1. The average molecular weight is 300 g/mol. The molecule has 1 aliphatic heterocycles. The summed E-state index contributed by atoms with van der Waals surface area (Å²) >= 11 is 0. The van der Waals surface area contributed by atoms with Crippen molar-refractivity contribution in [2.75, 3.05) is 13.6 Å². The summed E-state index contributed by atoms with van der Waals surface area (Å²) in [5, 5.41) is 0. The van der Waals surface area contributed by atoms with Crippen LogP contribution in [0.1, 0.15) is 81.5 Å². The first-order valence-corrected chi connectivity index (χ1v) is 8.56. The van der Waals surface area contributed by atoms with E-state index in [2.05, 4.69) is 67.3 Å². The van der Waals surface area contributed by atoms with Crippen LogP contribution in [0.2, 0.25) is 0 Å². The van der Waals surface area contributed by atoms with Crippen LogP contribution in [0.5, 0.6) is 0 Å². The van der Waals surface area contributed by atoms with Gasteiger partial charge in [-0.2, -0.15) is 0 Å². The third-order valence-electron chi connectivity index (χ3n) is 5.43. The van der Waals surface area contributed by atoms with Gasteiger partial charge in [0.25, 0.3) is 0 Å². The topological polar surface area (TPSA) is 16.1 Å². The fraction of sp³-hybridized carbons (Fsp3) is 0.650. The molecule has 2 heteroatoms. The van der Waals surface area contributed by atoms with E-state index in [1.807, 2.05) is 0 Å². The molecule has 0 saturated carbocycles. The average Bonchev–Trinajstić information content (AvgIpc) is 2.53. The highest BCUT2D eigenvalue weighted by Gasteiger charge is 2.31. The van der Waals surface area contributed by atoms with E-state index in [1.165, 1.54) is 39.3 Å². The van der Waals surface area contributed by atoms with Crippen LogP contribution < -0.4 is 0 Å². The third-order valence-corrected chi connectivity index (χ3v) is 5.43. The zero-order valence-corrected chi connectivity index (χ0v) is 15.8. The largest absolute Gasteiger partial charge is 0.377 e. The van der Waals surface area contributed by atoms with Gasteiger partial charge in [0.05, 0.1) is 0 Å². The minimum Gasteiger partial charge on any atom is -0.377 e. The van der Waals surface area contributed by atoms with Crippen LogP contribution in [-0.4, -0.2) is 23.5 Å².